The van der Waals surface area contributed by atoms with Crippen molar-refractivity contribution in [1.29, 1.82) is 0 Å². The van der Waals surface area contributed by atoms with E-state index in [1.54, 1.807) is 24.3 Å². The summed E-state index contributed by atoms with van der Waals surface area (Å²) < 4.78 is 38.8. The summed E-state index contributed by atoms with van der Waals surface area (Å²) in [7, 11) is 0. The van der Waals surface area contributed by atoms with Gasteiger partial charge in [-0.05, 0) is 30.7 Å². The van der Waals surface area contributed by atoms with Crippen molar-refractivity contribution in [3.8, 4) is 0 Å². The highest BCUT2D eigenvalue weighted by Gasteiger charge is 2.09. The molecule has 0 aromatic heterocycles. The molecule has 1 nitrogen and oxygen atoms in total. The second-order valence-electron chi connectivity index (χ2n) is 4.36. The van der Waals surface area contributed by atoms with Gasteiger partial charge in [-0.3, -0.25) is 4.79 Å². The second-order valence-corrected chi connectivity index (χ2v) is 4.36. The van der Waals surface area contributed by atoms with Crippen LogP contribution < -0.4 is 0 Å². The maximum Gasteiger partial charge on any atom is 0.194 e. The molecule has 0 amide bonds. The van der Waals surface area contributed by atoms with Crippen LogP contribution >= 0.6 is 0 Å². The monoisotopic (exact) mass is 276 g/mol. The first-order valence-corrected chi connectivity index (χ1v) is 5.91. The first-order chi connectivity index (χ1) is 9.47. The van der Waals surface area contributed by atoms with E-state index in [4.69, 9.17) is 0 Å². The van der Waals surface area contributed by atoms with Gasteiger partial charge in [-0.2, -0.15) is 0 Å². The van der Waals surface area contributed by atoms with Crippen molar-refractivity contribution in [1.82, 2.24) is 0 Å². The van der Waals surface area contributed by atoms with E-state index in [0.717, 1.165) is 17.7 Å². The lowest BCUT2D eigenvalue weighted by molar-refractivity contribution is 0.104. The molecule has 102 valence electrons. The fourth-order valence-electron chi connectivity index (χ4n) is 1.66. The molecule has 0 bridgehead atoms. The van der Waals surface area contributed by atoms with Gasteiger partial charge in [0.1, 0.15) is 0 Å². The number of carbonyl (C=O) groups is 1. The van der Waals surface area contributed by atoms with E-state index >= 15 is 0 Å². The number of hydrogen-bond donors (Lipinski definition) is 0. The second kappa shape index (κ2) is 5.74. The summed E-state index contributed by atoms with van der Waals surface area (Å²) in [6, 6.07) is 8.56. The van der Waals surface area contributed by atoms with Gasteiger partial charge in [0.05, 0.1) is 0 Å². The lowest BCUT2D eigenvalue weighted by Gasteiger charge is -1.99. The molecule has 0 aliphatic heterocycles. The zero-order chi connectivity index (χ0) is 14.7. The molecular weight excluding hydrogens is 265 g/mol. The van der Waals surface area contributed by atoms with Crippen molar-refractivity contribution in [2.24, 2.45) is 0 Å². The van der Waals surface area contributed by atoms with Crippen LogP contribution in [0.15, 0.2) is 42.5 Å². The van der Waals surface area contributed by atoms with Crippen LogP contribution in [-0.2, 0) is 0 Å². The fourth-order valence-corrected chi connectivity index (χ4v) is 1.66. The lowest BCUT2D eigenvalue weighted by atomic mass is 10.1. The maximum absolute atomic E-state index is 13.0. The van der Waals surface area contributed by atoms with Crippen LogP contribution in [-0.4, -0.2) is 5.78 Å². The molecule has 4 heteroatoms. The molecular formula is C16H11F3O. The molecule has 0 atom stereocenters. The molecule has 0 saturated carbocycles. The number of ketones is 1. The first kappa shape index (κ1) is 14.1. The molecule has 0 spiro atoms. The Morgan fingerprint density at radius 1 is 1.00 bits per heavy atom. The number of carbonyl (C=O) groups excluding carboxylic acids is 1. The van der Waals surface area contributed by atoms with Crippen molar-refractivity contribution in [2.45, 2.75) is 6.92 Å². The summed E-state index contributed by atoms with van der Waals surface area (Å²) in [6.07, 6.45) is 2.44. The minimum Gasteiger partial charge on any atom is -0.289 e. The van der Waals surface area contributed by atoms with Crippen molar-refractivity contribution >= 4 is 11.9 Å². The van der Waals surface area contributed by atoms with Gasteiger partial charge in [0, 0.05) is 5.56 Å². The van der Waals surface area contributed by atoms with E-state index in [9.17, 15) is 18.0 Å². The Bertz CT molecular complexity index is 650. The SMILES string of the molecule is Cc1ccc(C(=O)/C=C/c2cc(F)c(F)c(F)c2)cc1. The van der Waals surface area contributed by atoms with E-state index in [0.29, 0.717) is 5.56 Å². The van der Waals surface area contributed by atoms with Crippen molar-refractivity contribution in [3.63, 3.8) is 0 Å². The molecule has 0 aliphatic rings. The third kappa shape index (κ3) is 3.15. The lowest BCUT2D eigenvalue weighted by Crippen LogP contribution is -1.95. The van der Waals surface area contributed by atoms with E-state index in [-0.39, 0.29) is 11.3 Å². The molecule has 0 fully saturated rings. The molecule has 2 aromatic carbocycles. The van der Waals surface area contributed by atoms with E-state index in [1.165, 1.54) is 12.2 Å². The average molecular weight is 276 g/mol. The van der Waals surface area contributed by atoms with Gasteiger partial charge in [0.15, 0.2) is 23.2 Å². The largest absolute Gasteiger partial charge is 0.289 e. The highest BCUT2D eigenvalue weighted by atomic mass is 19.2. The molecule has 2 rings (SSSR count). The van der Waals surface area contributed by atoms with Crippen molar-refractivity contribution < 1.29 is 18.0 Å². The van der Waals surface area contributed by atoms with Crippen LogP contribution in [0, 0.1) is 24.4 Å². The number of halogens is 3. The van der Waals surface area contributed by atoms with E-state index < -0.39 is 17.5 Å². The minimum absolute atomic E-state index is 0.0851. The topological polar surface area (TPSA) is 17.1 Å². The Morgan fingerprint density at radius 3 is 2.10 bits per heavy atom. The van der Waals surface area contributed by atoms with Gasteiger partial charge in [-0.25, -0.2) is 13.2 Å². The normalized spacial score (nSPS) is 11.0. The number of aryl methyl sites for hydroxylation is 1. The first-order valence-electron chi connectivity index (χ1n) is 5.91. The molecule has 0 N–H and O–H groups in total. The molecule has 0 saturated heterocycles. The Hall–Kier alpha value is -2.36. The fraction of sp³-hybridized carbons (Fsp3) is 0.0625. The van der Waals surface area contributed by atoms with Crippen LogP contribution in [0.4, 0.5) is 13.2 Å². The summed E-state index contributed by atoms with van der Waals surface area (Å²) in [4.78, 5) is 11.8. The maximum atomic E-state index is 13.0. The highest BCUT2D eigenvalue weighted by molar-refractivity contribution is 6.06. The van der Waals surface area contributed by atoms with Crippen LogP contribution in [0.5, 0.6) is 0 Å². The van der Waals surface area contributed by atoms with E-state index in [2.05, 4.69) is 0 Å². The number of rotatable bonds is 3. The summed E-state index contributed by atoms with van der Waals surface area (Å²) in [6.45, 7) is 1.90. The van der Waals surface area contributed by atoms with Crippen LogP contribution in [0.2, 0.25) is 0 Å². The van der Waals surface area contributed by atoms with Crippen molar-refractivity contribution in [2.75, 3.05) is 0 Å². The predicted molar refractivity (Wildman–Crippen MR) is 70.9 cm³/mol. The molecule has 0 unspecified atom stereocenters. The van der Waals surface area contributed by atoms with Gasteiger partial charge in [0.25, 0.3) is 0 Å². The molecule has 0 heterocycles. The summed E-state index contributed by atoms with van der Waals surface area (Å²) in [5, 5.41) is 0. The van der Waals surface area contributed by atoms with Crippen molar-refractivity contribution in [3.05, 3.63) is 76.6 Å². The zero-order valence-electron chi connectivity index (χ0n) is 10.7. The summed E-state index contributed by atoms with van der Waals surface area (Å²) in [5.74, 6) is -4.39. The van der Waals surface area contributed by atoms with Gasteiger partial charge in [-0.1, -0.05) is 35.9 Å². The molecule has 0 aliphatic carbocycles. The molecule has 2 aromatic rings. The third-order valence-corrected chi connectivity index (χ3v) is 2.77. The van der Waals surface area contributed by atoms with Crippen LogP contribution in [0.3, 0.4) is 0 Å². The third-order valence-electron chi connectivity index (χ3n) is 2.77. The summed E-state index contributed by atoms with van der Waals surface area (Å²) >= 11 is 0. The minimum atomic E-state index is -1.52. The van der Waals surface area contributed by atoms with Crippen LogP contribution in [0.1, 0.15) is 21.5 Å². The van der Waals surface area contributed by atoms with Gasteiger partial charge >= 0.3 is 0 Å². The quantitative estimate of drug-likeness (QED) is 0.464. The highest BCUT2D eigenvalue weighted by Crippen LogP contribution is 2.15. The van der Waals surface area contributed by atoms with Crippen LogP contribution in [0.25, 0.3) is 6.08 Å². The number of allylic oxidation sites excluding steroid dienone is 1. The Morgan fingerprint density at radius 2 is 1.55 bits per heavy atom. The zero-order valence-corrected chi connectivity index (χ0v) is 10.7. The standard InChI is InChI=1S/C16H11F3O/c1-10-2-5-12(6-3-10)15(20)7-4-11-8-13(17)16(19)14(18)9-11/h2-9H,1H3/b7-4+. The average Bonchev–Trinajstić information content (AvgIpc) is 2.42. The molecule has 20 heavy (non-hydrogen) atoms. The predicted octanol–water partition coefficient (Wildman–Crippen LogP) is 4.31. The number of benzene rings is 2. The van der Waals surface area contributed by atoms with Gasteiger partial charge in [-0.15, -0.1) is 0 Å². The van der Waals surface area contributed by atoms with E-state index in [1.807, 2.05) is 6.92 Å². The smallest absolute Gasteiger partial charge is 0.194 e. The van der Waals surface area contributed by atoms with Gasteiger partial charge in [0.2, 0.25) is 0 Å². The number of hydrogen-bond acceptors (Lipinski definition) is 1. The molecule has 0 radical (unpaired) electrons. The Balaban J connectivity index is 2.21. The summed E-state index contributed by atoms with van der Waals surface area (Å²) in [5.41, 5.74) is 1.57. The van der Waals surface area contributed by atoms with Gasteiger partial charge < -0.3 is 0 Å². The Kier molecular flexibility index (Phi) is 4.03. The Labute approximate surface area is 114 Å².